The topological polar surface area (TPSA) is 3.24 Å². The van der Waals surface area contributed by atoms with Gasteiger partial charge < -0.3 is 4.90 Å². The molecule has 12 heavy (non-hydrogen) atoms. The average molecular weight is 189 g/mol. The molecule has 1 unspecified atom stereocenters. The number of nitrogens with zero attached hydrogens (tertiary/aromatic N) is 1. The Morgan fingerprint density at radius 2 is 1.83 bits per heavy atom. The molecule has 0 radical (unpaired) electrons. The molecular formula is C10H23NS. The van der Waals surface area contributed by atoms with Crippen LogP contribution in [0.2, 0.25) is 0 Å². The van der Waals surface area contributed by atoms with Crippen molar-refractivity contribution in [2.75, 3.05) is 19.3 Å². The van der Waals surface area contributed by atoms with E-state index in [9.17, 15) is 0 Å². The maximum Gasteiger partial charge on any atom is 0.0112 e. The van der Waals surface area contributed by atoms with Gasteiger partial charge in [0.05, 0.1) is 0 Å². The Labute approximate surface area is 82.9 Å². The van der Waals surface area contributed by atoms with Crippen LogP contribution < -0.4 is 0 Å². The molecular weight excluding hydrogens is 166 g/mol. The van der Waals surface area contributed by atoms with Crippen LogP contribution in [-0.2, 0) is 0 Å². The van der Waals surface area contributed by atoms with Crippen molar-refractivity contribution in [2.24, 2.45) is 5.41 Å². The second-order valence-corrected chi connectivity index (χ2v) is 5.05. The van der Waals surface area contributed by atoms with Gasteiger partial charge in [-0.05, 0) is 38.1 Å². The van der Waals surface area contributed by atoms with E-state index in [1.54, 1.807) is 0 Å². The predicted molar refractivity (Wildman–Crippen MR) is 60.0 cm³/mol. The van der Waals surface area contributed by atoms with Crippen molar-refractivity contribution in [3.63, 3.8) is 0 Å². The second-order valence-electron chi connectivity index (χ2n) is 4.60. The van der Waals surface area contributed by atoms with Gasteiger partial charge in [0.2, 0.25) is 0 Å². The number of hydrogen-bond acceptors (Lipinski definition) is 2. The monoisotopic (exact) mass is 189 g/mol. The molecule has 0 saturated heterocycles. The second kappa shape index (κ2) is 5.13. The maximum atomic E-state index is 4.21. The minimum atomic E-state index is 0.380. The van der Waals surface area contributed by atoms with Crippen molar-refractivity contribution in [1.82, 2.24) is 4.90 Å². The first-order chi connectivity index (χ1) is 5.39. The standard InChI is InChI=1S/C10H23NS/c1-9(10(2,3)4)11(5)7-6-8-12/h9,12H,6-8H2,1-5H3. The van der Waals surface area contributed by atoms with Gasteiger partial charge in [0.25, 0.3) is 0 Å². The highest BCUT2D eigenvalue weighted by atomic mass is 32.1. The third kappa shape index (κ3) is 4.36. The first-order valence-corrected chi connectivity index (χ1v) is 5.34. The lowest BCUT2D eigenvalue weighted by atomic mass is 9.87. The zero-order chi connectivity index (χ0) is 9.78. The van der Waals surface area contributed by atoms with E-state index < -0.39 is 0 Å². The smallest absolute Gasteiger partial charge is 0.0112 e. The summed E-state index contributed by atoms with van der Waals surface area (Å²) in [5.41, 5.74) is 0.380. The number of hydrogen-bond donors (Lipinski definition) is 1. The van der Waals surface area contributed by atoms with Crippen LogP contribution in [0.5, 0.6) is 0 Å². The van der Waals surface area contributed by atoms with E-state index in [2.05, 4.69) is 52.3 Å². The SMILES string of the molecule is CC(N(C)CCCS)C(C)(C)C. The van der Waals surface area contributed by atoms with E-state index in [1.165, 1.54) is 6.42 Å². The summed E-state index contributed by atoms with van der Waals surface area (Å²) >= 11 is 4.21. The van der Waals surface area contributed by atoms with Crippen LogP contribution in [-0.4, -0.2) is 30.3 Å². The maximum absolute atomic E-state index is 4.21. The number of rotatable bonds is 4. The molecule has 0 rings (SSSR count). The van der Waals surface area contributed by atoms with Crippen LogP contribution in [0.25, 0.3) is 0 Å². The van der Waals surface area contributed by atoms with Gasteiger partial charge in [-0.1, -0.05) is 20.8 Å². The van der Waals surface area contributed by atoms with E-state index in [0.29, 0.717) is 11.5 Å². The van der Waals surface area contributed by atoms with E-state index in [4.69, 9.17) is 0 Å². The lowest BCUT2D eigenvalue weighted by molar-refractivity contribution is 0.142. The summed E-state index contributed by atoms with van der Waals surface area (Å²) in [5.74, 6) is 0.987. The minimum Gasteiger partial charge on any atom is -0.303 e. The van der Waals surface area contributed by atoms with Gasteiger partial charge in [-0.3, -0.25) is 0 Å². The highest BCUT2D eigenvalue weighted by Gasteiger charge is 2.22. The molecule has 0 aromatic rings. The zero-order valence-corrected chi connectivity index (χ0v) is 9.99. The molecule has 0 aliphatic heterocycles. The summed E-state index contributed by atoms with van der Waals surface area (Å²) in [6.45, 7) is 10.3. The fourth-order valence-electron chi connectivity index (χ4n) is 1.17. The molecule has 1 atom stereocenters. The molecule has 0 aliphatic rings. The van der Waals surface area contributed by atoms with Gasteiger partial charge in [0, 0.05) is 6.04 Å². The minimum absolute atomic E-state index is 0.380. The first-order valence-electron chi connectivity index (χ1n) is 4.70. The van der Waals surface area contributed by atoms with Gasteiger partial charge in [0.1, 0.15) is 0 Å². The molecule has 0 aliphatic carbocycles. The van der Waals surface area contributed by atoms with Crippen molar-refractivity contribution in [2.45, 2.75) is 40.2 Å². The third-order valence-electron chi connectivity index (χ3n) is 2.58. The quantitative estimate of drug-likeness (QED) is 0.666. The lowest BCUT2D eigenvalue weighted by Gasteiger charge is -2.35. The molecule has 0 bridgehead atoms. The molecule has 1 nitrogen and oxygen atoms in total. The fourth-order valence-corrected chi connectivity index (χ4v) is 1.32. The molecule has 0 heterocycles. The van der Waals surface area contributed by atoms with Crippen molar-refractivity contribution in [1.29, 1.82) is 0 Å². The van der Waals surface area contributed by atoms with Gasteiger partial charge in [-0.2, -0.15) is 12.6 Å². The summed E-state index contributed by atoms with van der Waals surface area (Å²) in [7, 11) is 2.19. The molecule has 0 aromatic heterocycles. The van der Waals surface area contributed by atoms with Gasteiger partial charge in [0.15, 0.2) is 0 Å². The summed E-state index contributed by atoms with van der Waals surface area (Å²) in [6.07, 6.45) is 1.18. The van der Waals surface area contributed by atoms with Crippen molar-refractivity contribution < 1.29 is 0 Å². The van der Waals surface area contributed by atoms with Gasteiger partial charge in [-0.25, -0.2) is 0 Å². The number of thiol groups is 1. The molecule has 0 aromatic carbocycles. The predicted octanol–water partition coefficient (Wildman–Crippen LogP) is 2.67. The largest absolute Gasteiger partial charge is 0.303 e. The summed E-state index contributed by atoms with van der Waals surface area (Å²) in [5, 5.41) is 0. The Morgan fingerprint density at radius 1 is 1.33 bits per heavy atom. The summed E-state index contributed by atoms with van der Waals surface area (Å²) in [6, 6.07) is 0.636. The Bertz CT molecular complexity index is 117. The molecule has 0 fully saturated rings. The summed E-state index contributed by atoms with van der Waals surface area (Å²) in [4.78, 5) is 2.41. The molecule has 0 amide bonds. The van der Waals surface area contributed by atoms with Crippen LogP contribution in [0.4, 0.5) is 0 Å². The van der Waals surface area contributed by atoms with Crippen LogP contribution in [0.3, 0.4) is 0 Å². The molecule has 0 spiro atoms. The Balaban J connectivity index is 3.84. The average Bonchev–Trinajstić information content (AvgIpc) is 1.97. The van der Waals surface area contributed by atoms with E-state index in [0.717, 1.165) is 12.3 Å². The lowest BCUT2D eigenvalue weighted by Crippen LogP contribution is -2.39. The van der Waals surface area contributed by atoms with Crippen molar-refractivity contribution >= 4 is 12.6 Å². The third-order valence-corrected chi connectivity index (χ3v) is 2.90. The van der Waals surface area contributed by atoms with E-state index in [-0.39, 0.29) is 0 Å². The highest BCUT2D eigenvalue weighted by molar-refractivity contribution is 7.80. The Morgan fingerprint density at radius 3 is 2.17 bits per heavy atom. The fraction of sp³-hybridized carbons (Fsp3) is 1.00. The molecule has 2 heteroatoms. The van der Waals surface area contributed by atoms with Crippen LogP contribution in [0.1, 0.15) is 34.1 Å². The summed E-state index contributed by atoms with van der Waals surface area (Å²) < 4.78 is 0. The van der Waals surface area contributed by atoms with Gasteiger partial charge in [-0.15, -0.1) is 0 Å². The Hall–Kier alpha value is 0.310. The molecule has 74 valence electrons. The Kier molecular flexibility index (Phi) is 5.26. The van der Waals surface area contributed by atoms with Crippen molar-refractivity contribution in [3.05, 3.63) is 0 Å². The van der Waals surface area contributed by atoms with Crippen molar-refractivity contribution in [3.8, 4) is 0 Å². The molecule has 0 N–H and O–H groups in total. The van der Waals surface area contributed by atoms with E-state index in [1.807, 2.05) is 0 Å². The van der Waals surface area contributed by atoms with Gasteiger partial charge >= 0.3 is 0 Å². The molecule has 0 saturated carbocycles. The van der Waals surface area contributed by atoms with Crippen LogP contribution >= 0.6 is 12.6 Å². The van der Waals surface area contributed by atoms with Crippen LogP contribution in [0.15, 0.2) is 0 Å². The highest BCUT2D eigenvalue weighted by Crippen LogP contribution is 2.22. The normalized spacial score (nSPS) is 15.2. The van der Waals surface area contributed by atoms with Crippen LogP contribution in [0, 0.1) is 5.41 Å². The van der Waals surface area contributed by atoms with E-state index >= 15 is 0 Å². The first kappa shape index (κ1) is 12.3. The zero-order valence-electron chi connectivity index (χ0n) is 9.09.